The van der Waals surface area contributed by atoms with Gasteiger partial charge in [0.25, 0.3) is 0 Å². The molecule has 1 atom stereocenters. The highest BCUT2D eigenvalue weighted by atomic mass is 32.2. The molecule has 0 aliphatic heterocycles. The van der Waals surface area contributed by atoms with E-state index >= 15 is 0 Å². The highest BCUT2D eigenvalue weighted by molar-refractivity contribution is 8.00. The highest BCUT2D eigenvalue weighted by Crippen LogP contribution is 2.39. The number of aryl methyl sites for hydroxylation is 1. The number of amides is 2. The molecular formula is C18H23N5O3S. The summed E-state index contributed by atoms with van der Waals surface area (Å²) in [5.74, 6) is 1.01. The van der Waals surface area contributed by atoms with E-state index in [0.29, 0.717) is 23.3 Å². The summed E-state index contributed by atoms with van der Waals surface area (Å²) in [6.45, 7) is 1.83. The van der Waals surface area contributed by atoms with E-state index in [1.54, 1.807) is 31.4 Å². The van der Waals surface area contributed by atoms with Gasteiger partial charge in [-0.15, -0.1) is 10.2 Å². The van der Waals surface area contributed by atoms with Crippen LogP contribution in [0.3, 0.4) is 0 Å². The number of ether oxygens (including phenoxy) is 1. The molecule has 1 aromatic heterocycles. The van der Waals surface area contributed by atoms with Gasteiger partial charge in [0.05, 0.1) is 12.4 Å². The topological polar surface area (TPSA) is 112 Å². The molecule has 1 aliphatic carbocycles. The molecule has 2 amide bonds. The first kappa shape index (κ1) is 19.2. The van der Waals surface area contributed by atoms with E-state index in [-0.39, 0.29) is 23.5 Å². The lowest BCUT2D eigenvalue weighted by Gasteiger charge is -2.13. The first-order valence-electron chi connectivity index (χ1n) is 8.81. The Kier molecular flexibility index (Phi) is 6.00. The van der Waals surface area contributed by atoms with Gasteiger partial charge in [0.1, 0.15) is 11.6 Å². The number of nitrogens with two attached hydrogens (primary N) is 1. The van der Waals surface area contributed by atoms with E-state index in [1.165, 1.54) is 11.8 Å². The maximum atomic E-state index is 12.5. The first-order chi connectivity index (χ1) is 13.0. The van der Waals surface area contributed by atoms with Gasteiger partial charge in [-0.2, -0.15) is 0 Å². The molecular weight excluding hydrogens is 366 g/mol. The molecule has 0 saturated heterocycles. The van der Waals surface area contributed by atoms with Crippen LogP contribution in [0.2, 0.25) is 0 Å². The summed E-state index contributed by atoms with van der Waals surface area (Å²) in [7, 11) is 1.60. The van der Waals surface area contributed by atoms with Gasteiger partial charge in [-0.25, -0.2) is 0 Å². The molecule has 144 valence electrons. The molecule has 0 bridgehead atoms. The second kappa shape index (κ2) is 8.43. The zero-order chi connectivity index (χ0) is 19.4. The van der Waals surface area contributed by atoms with Crippen molar-refractivity contribution in [2.24, 2.45) is 5.73 Å². The zero-order valence-electron chi connectivity index (χ0n) is 15.3. The Morgan fingerprint density at radius 3 is 2.63 bits per heavy atom. The predicted molar refractivity (Wildman–Crippen MR) is 103 cm³/mol. The number of primary amides is 1. The van der Waals surface area contributed by atoms with Crippen molar-refractivity contribution in [2.45, 2.75) is 49.1 Å². The second-order valence-corrected chi connectivity index (χ2v) is 7.75. The van der Waals surface area contributed by atoms with Crippen molar-refractivity contribution in [1.29, 1.82) is 0 Å². The third-order valence-corrected chi connectivity index (χ3v) is 5.31. The van der Waals surface area contributed by atoms with Crippen LogP contribution in [-0.2, 0) is 16.0 Å². The maximum Gasteiger partial charge on any atom is 0.237 e. The van der Waals surface area contributed by atoms with Crippen molar-refractivity contribution < 1.29 is 14.3 Å². The Labute approximate surface area is 161 Å². The SMILES string of the molecule is COc1ccc(NC(=O)C(C)Sc2nnc(CCC(N)=O)n2C2CC2)cc1. The summed E-state index contributed by atoms with van der Waals surface area (Å²) in [5.41, 5.74) is 5.95. The summed E-state index contributed by atoms with van der Waals surface area (Å²) in [6, 6.07) is 7.53. The van der Waals surface area contributed by atoms with Crippen LogP contribution >= 0.6 is 11.8 Å². The number of thioether (sulfide) groups is 1. The molecule has 1 heterocycles. The van der Waals surface area contributed by atoms with Crippen LogP contribution in [0.4, 0.5) is 5.69 Å². The summed E-state index contributed by atoms with van der Waals surface area (Å²) < 4.78 is 7.16. The third-order valence-electron chi connectivity index (χ3n) is 4.25. The average Bonchev–Trinajstić information content (AvgIpc) is 3.41. The van der Waals surface area contributed by atoms with Crippen molar-refractivity contribution in [3.63, 3.8) is 0 Å². The lowest BCUT2D eigenvalue weighted by molar-refractivity contribution is -0.118. The van der Waals surface area contributed by atoms with E-state index in [4.69, 9.17) is 10.5 Å². The van der Waals surface area contributed by atoms with E-state index in [2.05, 4.69) is 15.5 Å². The van der Waals surface area contributed by atoms with Gasteiger partial charge in [0.15, 0.2) is 5.16 Å². The molecule has 1 fully saturated rings. The smallest absolute Gasteiger partial charge is 0.237 e. The molecule has 9 heteroatoms. The van der Waals surface area contributed by atoms with Crippen LogP contribution < -0.4 is 15.8 Å². The first-order valence-corrected chi connectivity index (χ1v) is 9.69. The fourth-order valence-electron chi connectivity index (χ4n) is 2.62. The number of aromatic nitrogens is 3. The Hall–Kier alpha value is -2.55. The van der Waals surface area contributed by atoms with Gasteiger partial charge in [-0.3, -0.25) is 9.59 Å². The Morgan fingerprint density at radius 1 is 1.33 bits per heavy atom. The predicted octanol–water partition coefficient (Wildman–Crippen LogP) is 2.16. The lowest BCUT2D eigenvalue weighted by atomic mass is 10.3. The van der Waals surface area contributed by atoms with Crippen molar-refractivity contribution >= 4 is 29.3 Å². The van der Waals surface area contributed by atoms with Gasteiger partial charge < -0.3 is 20.4 Å². The molecule has 1 saturated carbocycles. The Bertz CT molecular complexity index is 817. The zero-order valence-corrected chi connectivity index (χ0v) is 16.2. The van der Waals surface area contributed by atoms with Gasteiger partial charge in [0.2, 0.25) is 11.8 Å². The number of nitrogens with zero attached hydrogens (tertiary/aromatic N) is 3. The summed E-state index contributed by atoms with van der Waals surface area (Å²) >= 11 is 1.37. The molecule has 8 nitrogen and oxygen atoms in total. The van der Waals surface area contributed by atoms with Crippen molar-refractivity contribution in [3.05, 3.63) is 30.1 Å². The van der Waals surface area contributed by atoms with Gasteiger partial charge >= 0.3 is 0 Å². The van der Waals surface area contributed by atoms with E-state index in [0.717, 1.165) is 24.4 Å². The quantitative estimate of drug-likeness (QED) is 0.636. The number of anilines is 1. The van der Waals surface area contributed by atoms with E-state index < -0.39 is 0 Å². The van der Waals surface area contributed by atoms with Crippen molar-refractivity contribution in [2.75, 3.05) is 12.4 Å². The summed E-state index contributed by atoms with van der Waals surface area (Å²) in [4.78, 5) is 23.6. The average molecular weight is 389 g/mol. The molecule has 2 aromatic rings. The number of hydrogen-bond donors (Lipinski definition) is 2. The van der Waals surface area contributed by atoms with Crippen LogP contribution in [0.1, 0.15) is 38.1 Å². The highest BCUT2D eigenvalue weighted by Gasteiger charge is 2.31. The normalized spacial score (nSPS) is 14.6. The number of benzene rings is 1. The fraction of sp³-hybridized carbons (Fsp3) is 0.444. The van der Waals surface area contributed by atoms with E-state index in [9.17, 15) is 9.59 Å². The Morgan fingerprint density at radius 2 is 2.04 bits per heavy atom. The number of rotatable bonds is 9. The minimum absolute atomic E-state index is 0.116. The molecule has 3 rings (SSSR count). The number of methoxy groups -OCH3 is 1. The molecule has 1 aromatic carbocycles. The van der Waals surface area contributed by atoms with Crippen LogP contribution in [0.5, 0.6) is 5.75 Å². The standard InChI is InChI=1S/C18H23N5O3S/c1-11(17(25)20-12-3-7-14(26-2)8-4-12)27-18-22-21-16(10-9-15(19)24)23(18)13-5-6-13/h3-4,7-8,11,13H,5-6,9-10H2,1-2H3,(H2,19,24)(H,20,25). The largest absolute Gasteiger partial charge is 0.497 e. The van der Waals surface area contributed by atoms with E-state index in [1.807, 2.05) is 11.5 Å². The minimum Gasteiger partial charge on any atom is -0.497 e. The number of hydrogen-bond acceptors (Lipinski definition) is 6. The van der Waals surface area contributed by atoms with Crippen molar-refractivity contribution in [1.82, 2.24) is 14.8 Å². The van der Waals surface area contributed by atoms with Crippen molar-refractivity contribution in [3.8, 4) is 5.75 Å². The van der Waals surface area contributed by atoms with Gasteiger partial charge in [-0.1, -0.05) is 11.8 Å². The molecule has 3 N–H and O–H groups in total. The third kappa shape index (κ3) is 5.00. The lowest BCUT2D eigenvalue weighted by Crippen LogP contribution is -2.23. The van der Waals surface area contributed by atoms with Crippen LogP contribution in [0.25, 0.3) is 0 Å². The molecule has 1 unspecified atom stereocenters. The minimum atomic E-state index is -0.359. The second-order valence-electron chi connectivity index (χ2n) is 6.44. The van der Waals surface area contributed by atoms with Gasteiger partial charge in [0, 0.05) is 24.6 Å². The molecule has 0 radical (unpaired) electrons. The maximum absolute atomic E-state index is 12.5. The van der Waals surface area contributed by atoms with Gasteiger partial charge in [-0.05, 0) is 44.0 Å². The molecule has 27 heavy (non-hydrogen) atoms. The molecule has 1 aliphatic rings. The monoisotopic (exact) mass is 389 g/mol. The summed E-state index contributed by atoms with van der Waals surface area (Å²) in [6.07, 6.45) is 2.82. The number of carbonyl (C=O) groups excluding carboxylic acids is 2. The Balaban J connectivity index is 1.64. The van der Waals surface area contributed by atoms with Crippen LogP contribution in [-0.4, -0.2) is 38.9 Å². The fourth-order valence-corrected chi connectivity index (χ4v) is 3.56. The number of nitrogens with one attached hydrogen (secondary N) is 1. The summed E-state index contributed by atoms with van der Waals surface area (Å²) in [5, 5.41) is 11.7. The molecule has 0 spiro atoms. The number of carbonyl (C=O) groups is 2. The van der Waals surface area contributed by atoms with Crippen LogP contribution in [0, 0.1) is 0 Å². The van der Waals surface area contributed by atoms with Crippen LogP contribution in [0.15, 0.2) is 29.4 Å².